The molecular formula is C17H16N4O4. The number of amides is 1. The van der Waals surface area contributed by atoms with Crippen molar-refractivity contribution in [2.75, 3.05) is 6.61 Å². The van der Waals surface area contributed by atoms with E-state index >= 15 is 0 Å². The highest BCUT2D eigenvalue weighted by atomic mass is 16.6. The van der Waals surface area contributed by atoms with E-state index in [1.54, 1.807) is 6.92 Å². The van der Waals surface area contributed by atoms with Gasteiger partial charge >= 0.3 is 5.69 Å². The SMILES string of the molecule is CCOc1ccc(C(=O)NCc2cn3ccccc3n2)cc1[N+](=O)[O-]. The average molecular weight is 340 g/mol. The molecule has 25 heavy (non-hydrogen) atoms. The lowest BCUT2D eigenvalue weighted by molar-refractivity contribution is -0.385. The van der Waals surface area contributed by atoms with Crippen LogP contribution >= 0.6 is 0 Å². The number of pyridine rings is 1. The van der Waals surface area contributed by atoms with Gasteiger partial charge in [-0.2, -0.15) is 0 Å². The molecule has 0 atom stereocenters. The van der Waals surface area contributed by atoms with E-state index in [9.17, 15) is 14.9 Å². The zero-order valence-corrected chi connectivity index (χ0v) is 13.5. The summed E-state index contributed by atoms with van der Waals surface area (Å²) < 4.78 is 7.06. The fourth-order valence-corrected chi connectivity index (χ4v) is 2.42. The number of benzene rings is 1. The first-order valence-electron chi connectivity index (χ1n) is 7.70. The lowest BCUT2D eigenvalue weighted by Gasteiger charge is -2.07. The molecule has 0 aliphatic heterocycles. The largest absolute Gasteiger partial charge is 0.487 e. The summed E-state index contributed by atoms with van der Waals surface area (Å²) in [6.07, 6.45) is 3.68. The second-order valence-corrected chi connectivity index (χ2v) is 5.25. The van der Waals surface area contributed by atoms with Gasteiger partial charge in [-0.25, -0.2) is 4.98 Å². The van der Waals surface area contributed by atoms with Crippen molar-refractivity contribution in [1.82, 2.24) is 14.7 Å². The van der Waals surface area contributed by atoms with Gasteiger partial charge in [0.15, 0.2) is 5.75 Å². The number of nitro groups is 1. The maximum absolute atomic E-state index is 12.3. The molecule has 0 fully saturated rings. The number of carbonyl (C=O) groups is 1. The zero-order valence-electron chi connectivity index (χ0n) is 13.5. The van der Waals surface area contributed by atoms with Crippen molar-refractivity contribution in [1.29, 1.82) is 0 Å². The third kappa shape index (κ3) is 3.57. The molecule has 0 radical (unpaired) electrons. The van der Waals surface area contributed by atoms with Crippen LogP contribution in [0.5, 0.6) is 5.75 Å². The minimum atomic E-state index is -0.566. The quantitative estimate of drug-likeness (QED) is 0.549. The standard InChI is InChI=1S/C17H16N4O4/c1-2-25-15-7-6-12(9-14(15)21(23)24)17(22)18-10-13-11-20-8-4-3-5-16(20)19-13/h3-9,11H,2,10H2,1H3,(H,18,22). The minimum absolute atomic E-state index is 0.143. The molecule has 0 aliphatic rings. The van der Waals surface area contributed by atoms with Crippen LogP contribution in [0.25, 0.3) is 5.65 Å². The van der Waals surface area contributed by atoms with Crippen molar-refractivity contribution in [3.63, 3.8) is 0 Å². The molecule has 0 saturated carbocycles. The molecule has 128 valence electrons. The smallest absolute Gasteiger partial charge is 0.311 e. The minimum Gasteiger partial charge on any atom is -0.487 e. The van der Waals surface area contributed by atoms with Gasteiger partial charge in [-0.3, -0.25) is 14.9 Å². The Balaban J connectivity index is 1.74. The number of hydrogen-bond donors (Lipinski definition) is 1. The molecule has 8 nitrogen and oxygen atoms in total. The normalized spacial score (nSPS) is 10.6. The monoisotopic (exact) mass is 340 g/mol. The first-order valence-corrected chi connectivity index (χ1v) is 7.70. The first kappa shape index (κ1) is 16.4. The van der Waals surface area contributed by atoms with Crippen molar-refractivity contribution in [3.8, 4) is 5.75 Å². The predicted octanol–water partition coefficient (Wildman–Crippen LogP) is 2.57. The number of imidazole rings is 1. The second kappa shape index (κ2) is 7.00. The van der Waals surface area contributed by atoms with Crippen LogP contribution < -0.4 is 10.1 Å². The predicted molar refractivity (Wildman–Crippen MR) is 90.6 cm³/mol. The molecule has 0 saturated heterocycles. The van der Waals surface area contributed by atoms with Crippen LogP contribution in [0.2, 0.25) is 0 Å². The van der Waals surface area contributed by atoms with E-state index < -0.39 is 10.8 Å². The molecule has 8 heteroatoms. The number of hydrogen-bond acceptors (Lipinski definition) is 5. The second-order valence-electron chi connectivity index (χ2n) is 5.25. The summed E-state index contributed by atoms with van der Waals surface area (Å²) in [4.78, 5) is 27.2. The highest BCUT2D eigenvalue weighted by Crippen LogP contribution is 2.27. The topological polar surface area (TPSA) is 98.8 Å². The van der Waals surface area contributed by atoms with Crippen LogP contribution in [-0.4, -0.2) is 26.8 Å². The molecule has 1 amide bonds. The summed E-state index contributed by atoms with van der Waals surface area (Å²) in [7, 11) is 0. The summed E-state index contributed by atoms with van der Waals surface area (Å²) in [5.41, 5.74) is 1.43. The van der Waals surface area contributed by atoms with Crippen molar-refractivity contribution in [2.45, 2.75) is 13.5 Å². The van der Waals surface area contributed by atoms with Gasteiger partial charge in [0.25, 0.3) is 5.91 Å². The van der Waals surface area contributed by atoms with Gasteiger partial charge in [-0.15, -0.1) is 0 Å². The summed E-state index contributed by atoms with van der Waals surface area (Å²) in [5, 5.41) is 13.8. The third-order valence-corrected chi connectivity index (χ3v) is 3.56. The highest BCUT2D eigenvalue weighted by Gasteiger charge is 2.18. The van der Waals surface area contributed by atoms with Gasteiger partial charge in [-0.1, -0.05) is 6.07 Å². The number of carbonyl (C=O) groups excluding carboxylic acids is 1. The number of aromatic nitrogens is 2. The summed E-state index contributed by atoms with van der Waals surface area (Å²) >= 11 is 0. The average Bonchev–Trinajstić information content (AvgIpc) is 3.03. The van der Waals surface area contributed by atoms with Gasteiger partial charge in [-0.05, 0) is 31.2 Å². The number of nitrogens with one attached hydrogen (secondary N) is 1. The Morgan fingerprint density at radius 2 is 2.20 bits per heavy atom. The number of nitrogens with zero attached hydrogens (tertiary/aromatic N) is 3. The fourth-order valence-electron chi connectivity index (χ4n) is 2.42. The Hall–Kier alpha value is -3.42. The molecule has 1 N–H and O–H groups in total. The Morgan fingerprint density at radius 1 is 1.36 bits per heavy atom. The van der Waals surface area contributed by atoms with Gasteiger partial charge in [0.1, 0.15) is 5.65 Å². The lowest BCUT2D eigenvalue weighted by Crippen LogP contribution is -2.23. The summed E-state index contributed by atoms with van der Waals surface area (Å²) in [5.74, 6) is -0.271. The van der Waals surface area contributed by atoms with E-state index in [2.05, 4.69) is 10.3 Å². The molecular weight excluding hydrogens is 324 g/mol. The van der Waals surface area contributed by atoms with Crippen LogP contribution in [0, 0.1) is 10.1 Å². The van der Waals surface area contributed by atoms with E-state index in [1.807, 2.05) is 35.0 Å². The molecule has 2 heterocycles. The first-order chi connectivity index (χ1) is 12.1. The van der Waals surface area contributed by atoms with Crippen LogP contribution in [0.3, 0.4) is 0 Å². The molecule has 0 spiro atoms. The van der Waals surface area contributed by atoms with E-state index in [4.69, 9.17) is 4.74 Å². The number of fused-ring (bicyclic) bond motifs is 1. The number of rotatable bonds is 6. The van der Waals surface area contributed by atoms with Crippen molar-refractivity contribution in [3.05, 3.63) is 70.2 Å². The van der Waals surface area contributed by atoms with Crippen molar-refractivity contribution in [2.24, 2.45) is 0 Å². The Kier molecular flexibility index (Phi) is 4.60. The van der Waals surface area contributed by atoms with Crippen LogP contribution in [0.15, 0.2) is 48.8 Å². The maximum atomic E-state index is 12.3. The van der Waals surface area contributed by atoms with Crippen LogP contribution in [0.1, 0.15) is 23.0 Å². The van der Waals surface area contributed by atoms with Gasteiger partial charge < -0.3 is 14.5 Å². The third-order valence-electron chi connectivity index (χ3n) is 3.56. The van der Waals surface area contributed by atoms with Gasteiger partial charge in [0.2, 0.25) is 0 Å². The van der Waals surface area contributed by atoms with Gasteiger partial charge in [0.05, 0.1) is 23.8 Å². The molecule has 0 unspecified atom stereocenters. The fraction of sp³-hybridized carbons (Fsp3) is 0.176. The number of ether oxygens (including phenoxy) is 1. The van der Waals surface area contributed by atoms with Gasteiger partial charge in [0, 0.05) is 24.0 Å². The summed E-state index contributed by atoms with van der Waals surface area (Å²) in [6, 6.07) is 9.77. The molecule has 2 aromatic heterocycles. The van der Waals surface area contributed by atoms with E-state index in [0.717, 1.165) is 5.65 Å². The Bertz CT molecular complexity index is 902. The zero-order chi connectivity index (χ0) is 17.8. The molecule has 0 bridgehead atoms. The maximum Gasteiger partial charge on any atom is 0.311 e. The van der Waals surface area contributed by atoms with E-state index in [1.165, 1.54) is 18.2 Å². The Labute approximate surface area is 143 Å². The van der Waals surface area contributed by atoms with E-state index in [0.29, 0.717) is 12.3 Å². The molecule has 0 aliphatic carbocycles. The number of nitro benzene ring substituents is 1. The van der Waals surface area contributed by atoms with Crippen molar-refractivity contribution < 1.29 is 14.5 Å². The van der Waals surface area contributed by atoms with Crippen molar-refractivity contribution >= 4 is 17.2 Å². The van der Waals surface area contributed by atoms with E-state index in [-0.39, 0.29) is 23.5 Å². The van der Waals surface area contributed by atoms with Crippen LogP contribution in [0.4, 0.5) is 5.69 Å². The highest BCUT2D eigenvalue weighted by molar-refractivity contribution is 5.95. The summed E-state index contributed by atoms with van der Waals surface area (Å²) in [6.45, 7) is 2.26. The molecule has 3 aromatic rings. The molecule has 1 aromatic carbocycles. The lowest BCUT2D eigenvalue weighted by atomic mass is 10.1. The van der Waals surface area contributed by atoms with Crippen LogP contribution in [-0.2, 0) is 6.54 Å². The Morgan fingerprint density at radius 3 is 2.92 bits per heavy atom. The molecule has 3 rings (SSSR count).